The van der Waals surface area contributed by atoms with Gasteiger partial charge in [-0.2, -0.15) is 0 Å². The maximum atomic E-state index is 11.3. The van der Waals surface area contributed by atoms with Crippen LogP contribution in [0, 0.1) is 0 Å². The van der Waals surface area contributed by atoms with Crippen LogP contribution in [0.3, 0.4) is 0 Å². The summed E-state index contributed by atoms with van der Waals surface area (Å²) in [5.74, 6) is -0.762. The van der Waals surface area contributed by atoms with Crippen LogP contribution in [0.4, 0.5) is 0 Å². The summed E-state index contributed by atoms with van der Waals surface area (Å²) in [6.07, 6.45) is 3.26. The highest BCUT2D eigenvalue weighted by Gasteiger charge is 2.36. The Bertz CT molecular complexity index is 337. The van der Waals surface area contributed by atoms with Gasteiger partial charge < -0.3 is 10.4 Å². The summed E-state index contributed by atoms with van der Waals surface area (Å²) in [5.41, 5.74) is -0.813. The molecule has 2 rings (SSSR count). The second kappa shape index (κ2) is 5.77. The van der Waals surface area contributed by atoms with Gasteiger partial charge in [0.25, 0.3) is 0 Å². The van der Waals surface area contributed by atoms with Crippen LogP contribution >= 0.6 is 0 Å². The van der Waals surface area contributed by atoms with E-state index in [2.05, 4.69) is 22.0 Å². The van der Waals surface area contributed by atoms with Crippen LogP contribution < -0.4 is 5.32 Å². The summed E-state index contributed by atoms with van der Waals surface area (Å²) in [5, 5.41) is 12.2. The third-order valence-electron chi connectivity index (χ3n) is 4.99. The van der Waals surface area contributed by atoms with Crippen molar-refractivity contribution in [3.05, 3.63) is 0 Å². The minimum atomic E-state index is -0.813. The first-order valence-corrected chi connectivity index (χ1v) is 7.36. The lowest BCUT2D eigenvalue weighted by atomic mass is 9.97. The van der Waals surface area contributed by atoms with Crippen molar-refractivity contribution in [2.45, 2.75) is 50.7 Å². The normalized spacial score (nSPS) is 31.9. The van der Waals surface area contributed by atoms with Gasteiger partial charge in [-0.25, -0.2) is 0 Å². The summed E-state index contributed by atoms with van der Waals surface area (Å²) in [6.45, 7) is 8.35. The third kappa shape index (κ3) is 3.09. The summed E-state index contributed by atoms with van der Waals surface area (Å²) in [6, 6.07) is 1.23. The molecule has 0 bridgehead atoms. The van der Waals surface area contributed by atoms with Gasteiger partial charge in [-0.15, -0.1) is 0 Å². The molecular weight excluding hydrogens is 242 g/mol. The minimum absolute atomic E-state index is 0.532. The fourth-order valence-corrected chi connectivity index (χ4v) is 3.27. The predicted molar refractivity (Wildman–Crippen MR) is 75.3 cm³/mol. The molecule has 19 heavy (non-hydrogen) atoms. The molecule has 110 valence electrons. The Morgan fingerprint density at radius 3 is 2.84 bits per heavy atom. The lowest BCUT2D eigenvalue weighted by Crippen LogP contribution is -2.57. The molecule has 2 aliphatic heterocycles. The molecule has 0 aromatic rings. The number of carboxylic acid groups (broad SMARTS) is 1. The maximum Gasteiger partial charge on any atom is 0.323 e. The fourth-order valence-electron chi connectivity index (χ4n) is 3.27. The average Bonchev–Trinajstić information content (AvgIpc) is 2.82. The van der Waals surface area contributed by atoms with E-state index in [1.165, 1.54) is 19.4 Å². The molecule has 0 aromatic heterocycles. The highest BCUT2D eigenvalue weighted by molar-refractivity contribution is 5.78. The zero-order chi connectivity index (χ0) is 14.0. The Morgan fingerprint density at radius 2 is 2.21 bits per heavy atom. The summed E-state index contributed by atoms with van der Waals surface area (Å²) in [4.78, 5) is 16.4. The van der Waals surface area contributed by atoms with Gasteiger partial charge in [-0.1, -0.05) is 0 Å². The van der Waals surface area contributed by atoms with Crippen LogP contribution in [0.2, 0.25) is 0 Å². The lowest BCUT2D eigenvalue weighted by Gasteiger charge is -2.43. The molecule has 0 aliphatic carbocycles. The average molecular weight is 269 g/mol. The number of likely N-dealkylation sites (N-methyl/N-ethyl adjacent to an activating group) is 1. The first-order valence-electron chi connectivity index (χ1n) is 7.36. The van der Waals surface area contributed by atoms with Crippen molar-refractivity contribution in [3.8, 4) is 0 Å². The molecule has 0 amide bonds. The van der Waals surface area contributed by atoms with Crippen LogP contribution in [0.15, 0.2) is 0 Å². The van der Waals surface area contributed by atoms with Gasteiger partial charge in [0.1, 0.15) is 5.54 Å². The van der Waals surface area contributed by atoms with Gasteiger partial charge in [-0.3, -0.25) is 14.6 Å². The van der Waals surface area contributed by atoms with Gasteiger partial charge in [-0.05, 0) is 46.7 Å². The monoisotopic (exact) mass is 269 g/mol. The van der Waals surface area contributed by atoms with Gasteiger partial charge in [0, 0.05) is 31.7 Å². The van der Waals surface area contributed by atoms with Crippen molar-refractivity contribution >= 4 is 5.97 Å². The van der Waals surface area contributed by atoms with Crippen molar-refractivity contribution in [2.24, 2.45) is 0 Å². The van der Waals surface area contributed by atoms with Crippen molar-refractivity contribution < 1.29 is 9.90 Å². The van der Waals surface area contributed by atoms with E-state index in [0.29, 0.717) is 18.5 Å². The van der Waals surface area contributed by atoms with E-state index < -0.39 is 11.5 Å². The van der Waals surface area contributed by atoms with Crippen molar-refractivity contribution in [3.63, 3.8) is 0 Å². The zero-order valence-electron chi connectivity index (χ0n) is 12.4. The number of aliphatic carboxylic acids is 1. The molecule has 0 radical (unpaired) electrons. The smallest absolute Gasteiger partial charge is 0.323 e. The van der Waals surface area contributed by atoms with E-state index in [1.54, 1.807) is 14.0 Å². The standard InChI is InChI=1S/C14H27N3O2/c1-11-9-17-7-4-5-12(17)10-16(11)8-6-14(2,15-3)13(18)19/h11-12,15H,4-10H2,1-3H3,(H,18,19). The van der Waals surface area contributed by atoms with Crippen LogP contribution in [0.5, 0.6) is 0 Å². The number of carbonyl (C=O) groups is 1. The molecular formula is C14H27N3O2. The number of piperazine rings is 1. The Kier molecular flexibility index (Phi) is 4.48. The Hall–Kier alpha value is -0.650. The summed E-state index contributed by atoms with van der Waals surface area (Å²) in [7, 11) is 1.73. The minimum Gasteiger partial charge on any atom is -0.480 e. The van der Waals surface area contributed by atoms with Gasteiger partial charge in [0.15, 0.2) is 0 Å². The highest BCUT2D eigenvalue weighted by Crippen LogP contribution is 2.25. The van der Waals surface area contributed by atoms with E-state index in [0.717, 1.165) is 19.6 Å². The molecule has 3 atom stereocenters. The number of nitrogens with one attached hydrogen (secondary N) is 1. The number of nitrogens with zero attached hydrogens (tertiary/aromatic N) is 2. The third-order valence-corrected chi connectivity index (χ3v) is 4.99. The molecule has 3 unspecified atom stereocenters. The quantitative estimate of drug-likeness (QED) is 0.766. The van der Waals surface area contributed by atoms with Crippen LogP contribution in [0.25, 0.3) is 0 Å². The molecule has 0 spiro atoms. The van der Waals surface area contributed by atoms with Crippen LogP contribution in [-0.4, -0.2) is 71.7 Å². The fraction of sp³-hybridized carbons (Fsp3) is 0.929. The second-order valence-electron chi connectivity index (χ2n) is 6.27. The topological polar surface area (TPSA) is 55.8 Å². The molecule has 2 saturated heterocycles. The molecule has 2 N–H and O–H groups in total. The molecule has 2 aliphatic rings. The second-order valence-corrected chi connectivity index (χ2v) is 6.27. The van der Waals surface area contributed by atoms with E-state index >= 15 is 0 Å². The number of carboxylic acids is 1. The van der Waals surface area contributed by atoms with Crippen molar-refractivity contribution in [1.82, 2.24) is 15.1 Å². The van der Waals surface area contributed by atoms with Gasteiger partial charge in [0.2, 0.25) is 0 Å². The number of rotatable bonds is 5. The van der Waals surface area contributed by atoms with E-state index in [4.69, 9.17) is 0 Å². The predicted octanol–water partition coefficient (Wildman–Crippen LogP) is 0.608. The molecule has 5 heteroatoms. The van der Waals surface area contributed by atoms with E-state index in [-0.39, 0.29) is 0 Å². The largest absolute Gasteiger partial charge is 0.480 e. The Morgan fingerprint density at radius 1 is 1.47 bits per heavy atom. The Balaban J connectivity index is 1.90. The van der Waals surface area contributed by atoms with Crippen LogP contribution in [-0.2, 0) is 4.79 Å². The highest BCUT2D eigenvalue weighted by atomic mass is 16.4. The molecule has 0 saturated carbocycles. The lowest BCUT2D eigenvalue weighted by molar-refractivity contribution is -0.144. The zero-order valence-corrected chi connectivity index (χ0v) is 12.4. The van der Waals surface area contributed by atoms with Gasteiger partial charge in [0.05, 0.1) is 0 Å². The van der Waals surface area contributed by atoms with Crippen molar-refractivity contribution in [2.75, 3.05) is 33.2 Å². The molecule has 2 fully saturated rings. The number of hydrogen-bond acceptors (Lipinski definition) is 4. The van der Waals surface area contributed by atoms with Crippen LogP contribution in [0.1, 0.15) is 33.1 Å². The maximum absolute atomic E-state index is 11.3. The number of fused-ring (bicyclic) bond motifs is 1. The molecule has 2 heterocycles. The molecule has 5 nitrogen and oxygen atoms in total. The molecule has 0 aromatic carbocycles. The van der Waals surface area contributed by atoms with E-state index in [1.807, 2.05) is 0 Å². The first-order chi connectivity index (χ1) is 8.96. The summed E-state index contributed by atoms with van der Waals surface area (Å²) < 4.78 is 0. The first kappa shape index (κ1) is 14.8. The summed E-state index contributed by atoms with van der Waals surface area (Å²) >= 11 is 0. The Labute approximate surface area is 115 Å². The number of hydrogen-bond donors (Lipinski definition) is 2. The van der Waals surface area contributed by atoms with Crippen molar-refractivity contribution in [1.29, 1.82) is 0 Å². The SMILES string of the molecule is CNC(C)(CCN1CC2CCCN2CC1C)C(=O)O. The van der Waals surface area contributed by atoms with E-state index in [9.17, 15) is 9.90 Å². The van der Waals surface area contributed by atoms with Gasteiger partial charge >= 0.3 is 5.97 Å².